The molecule has 5 rings (SSSR count). The Balaban J connectivity index is 1.98. The SMILES string of the molecule is CCc1cc2cc(C)c(C(OC(C)(C)C)C(=O)O)c(-c3c(C)cc4c5c(ccnc35)CCO4)c2cc1F. The number of carboxylic acids is 1. The smallest absolute Gasteiger partial charge is 0.337 e. The van der Waals surface area contributed by atoms with Crippen molar-refractivity contribution in [2.75, 3.05) is 6.61 Å². The molecule has 0 fully saturated rings. The van der Waals surface area contributed by atoms with Crippen molar-refractivity contribution < 1.29 is 23.8 Å². The van der Waals surface area contributed by atoms with Gasteiger partial charge in [-0.2, -0.15) is 0 Å². The summed E-state index contributed by atoms with van der Waals surface area (Å²) >= 11 is 0. The fourth-order valence-electron chi connectivity index (χ4n) is 5.49. The topological polar surface area (TPSA) is 68.7 Å². The predicted molar refractivity (Wildman–Crippen MR) is 144 cm³/mol. The van der Waals surface area contributed by atoms with Gasteiger partial charge in [0, 0.05) is 29.1 Å². The van der Waals surface area contributed by atoms with Crippen LogP contribution in [0.1, 0.15) is 61.6 Å². The molecule has 0 saturated heterocycles. The molecule has 5 nitrogen and oxygen atoms in total. The number of halogens is 1. The molecule has 2 heterocycles. The maximum Gasteiger partial charge on any atom is 0.337 e. The molecule has 37 heavy (non-hydrogen) atoms. The van der Waals surface area contributed by atoms with E-state index in [0.29, 0.717) is 35.1 Å². The Hall–Kier alpha value is -3.51. The number of hydrogen-bond acceptors (Lipinski definition) is 4. The lowest BCUT2D eigenvalue weighted by atomic mass is 9.83. The van der Waals surface area contributed by atoms with Crippen molar-refractivity contribution in [3.63, 3.8) is 0 Å². The first-order valence-corrected chi connectivity index (χ1v) is 12.7. The molecule has 1 aromatic heterocycles. The number of hydrogen-bond donors (Lipinski definition) is 1. The molecule has 1 atom stereocenters. The molecular weight excluding hydrogens is 469 g/mol. The van der Waals surface area contributed by atoms with E-state index < -0.39 is 17.7 Å². The zero-order valence-electron chi connectivity index (χ0n) is 22.2. The third-order valence-electron chi connectivity index (χ3n) is 7.03. The largest absolute Gasteiger partial charge is 0.493 e. The highest BCUT2D eigenvalue weighted by atomic mass is 19.1. The fraction of sp³-hybridized carbons (Fsp3) is 0.355. The number of carboxylic acid groups (broad SMARTS) is 1. The maximum atomic E-state index is 15.3. The average molecular weight is 502 g/mol. The van der Waals surface area contributed by atoms with E-state index in [1.54, 1.807) is 6.20 Å². The molecule has 0 spiro atoms. The third-order valence-corrected chi connectivity index (χ3v) is 7.03. The zero-order valence-corrected chi connectivity index (χ0v) is 22.2. The predicted octanol–water partition coefficient (Wildman–Crippen LogP) is 7.25. The van der Waals surface area contributed by atoms with Crippen LogP contribution in [-0.4, -0.2) is 28.3 Å². The Morgan fingerprint density at radius 3 is 2.59 bits per heavy atom. The van der Waals surface area contributed by atoms with E-state index in [4.69, 9.17) is 14.5 Å². The van der Waals surface area contributed by atoms with Gasteiger partial charge in [-0.15, -0.1) is 0 Å². The second kappa shape index (κ2) is 9.10. The van der Waals surface area contributed by atoms with Gasteiger partial charge in [-0.05, 0) is 104 Å². The summed E-state index contributed by atoms with van der Waals surface area (Å²) in [5.74, 6) is -0.642. The van der Waals surface area contributed by atoms with Crippen molar-refractivity contribution in [1.29, 1.82) is 0 Å². The summed E-state index contributed by atoms with van der Waals surface area (Å²) in [5.41, 5.74) is 5.33. The van der Waals surface area contributed by atoms with Gasteiger partial charge in [-0.3, -0.25) is 4.98 Å². The van der Waals surface area contributed by atoms with Gasteiger partial charge in [-0.25, -0.2) is 9.18 Å². The van der Waals surface area contributed by atoms with Crippen LogP contribution in [0.4, 0.5) is 4.39 Å². The quantitative estimate of drug-likeness (QED) is 0.312. The molecule has 1 unspecified atom stereocenters. The van der Waals surface area contributed by atoms with Crippen LogP contribution in [0.3, 0.4) is 0 Å². The molecule has 1 N–H and O–H groups in total. The normalized spacial score (nSPS) is 14.1. The monoisotopic (exact) mass is 501 g/mol. The molecule has 6 heteroatoms. The second-order valence-corrected chi connectivity index (χ2v) is 10.8. The Labute approximate surface area is 216 Å². The molecular formula is C31H32FNO4. The Morgan fingerprint density at radius 2 is 1.92 bits per heavy atom. The van der Waals surface area contributed by atoms with E-state index in [0.717, 1.165) is 50.7 Å². The summed E-state index contributed by atoms with van der Waals surface area (Å²) in [6.45, 7) is 11.9. The van der Waals surface area contributed by atoms with E-state index in [9.17, 15) is 9.90 Å². The zero-order chi connectivity index (χ0) is 26.6. The van der Waals surface area contributed by atoms with Gasteiger partial charge in [0.2, 0.25) is 0 Å². The number of aliphatic carboxylic acids is 1. The number of aryl methyl sites for hydroxylation is 3. The molecule has 0 radical (unpaired) electrons. The lowest BCUT2D eigenvalue weighted by Crippen LogP contribution is -2.28. The number of fused-ring (bicyclic) bond motifs is 1. The minimum atomic E-state index is -1.25. The fourth-order valence-corrected chi connectivity index (χ4v) is 5.49. The minimum Gasteiger partial charge on any atom is -0.493 e. The van der Waals surface area contributed by atoms with Crippen molar-refractivity contribution in [3.05, 3.63) is 70.2 Å². The molecule has 0 amide bonds. The molecule has 4 aromatic rings. The molecule has 1 aliphatic heterocycles. The van der Waals surface area contributed by atoms with Gasteiger partial charge in [0.25, 0.3) is 0 Å². The van der Waals surface area contributed by atoms with E-state index in [1.807, 2.05) is 65.8 Å². The summed E-state index contributed by atoms with van der Waals surface area (Å²) in [5, 5.41) is 12.8. The Morgan fingerprint density at radius 1 is 1.16 bits per heavy atom. The first-order valence-electron chi connectivity index (χ1n) is 12.7. The lowest BCUT2D eigenvalue weighted by Gasteiger charge is -2.29. The van der Waals surface area contributed by atoms with Gasteiger partial charge in [0.1, 0.15) is 11.6 Å². The molecule has 192 valence electrons. The van der Waals surface area contributed by atoms with Gasteiger partial charge < -0.3 is 14.6 Å². The van der Waals surface area contributed by atoms with E-state index in [-0.39, 0.29) is 5.82 Å². The van der Waals surface area contributed by atoms with Crippen LogP contribution in [0.2, 0.25) is 0 Å². The second-order valence-electron chi connectivity index (χ2n) is 10.8. The molecule has 0 aliphatic carbocycles. The van der Waals surface area contributed by atoms with Crippen molar-refractivity contribution >= 4 is 27.6 Å². The van der Waals surface area contributed by atoms with E-state index in [2.05, 4.69) is 0 Å². The number of aromatic nitrogens is 1. The summed E-state index contributed by atoms with van der Waals surface area (Å²) in [4.78, 5) is 17.5. The van der Waals surface area contributed by atoms with Crippen molar-refractivity contribution in [2.45, 2.75) is 66.1 Å². The van der Waals surface area contributed by atoms with Crippen LogP contribution in [0.25, 0.3) is 32.8 Å². The Bertz CT molecular complexity index is 1570. The van der Waals surface area contributed by atoms with Crippen LogP contribution < -0.4 is 4.74 Å². The number of nitrogens with zero attached hydrogens (tertiary/aromatic N) is 1. The van der Waals surface area contributed by atoms with Crippen molar-refractivity contribution in [1.82, 2.24) is 4.98 Å². The van der Waals surface area contributed by atoms with Gasteiger partial charge >= 0.3 is 5.97 Å². The number of ether oxygens (including phenoxy) is 2. The van der Waals surface area contributed by atoms with Crippen molar-refractivity contribution in [2.24, 2.45) is 0 Å². The third kappa shape index (κ3) is 4.33. The van der Waals surface area contributed by atoms with Gasteiger partial charge in [0.15, 0.2) is 6.10 Å². The van der Waals surface area contributed by atoms with Gasteiger partial charge in [-0.1, -0.05) is 13.0 Å². The summed E-state index contributed by atoms with van der Waals surface area (Å²) in [6.07, 6.45) is 1.84. The van der Waals surface area contributed by atoms with Crippen LogP contribution in [0, 0.1) is 19.7 Å². The molecule has 3 aromatic carbocycles. The summed E-state index contributed by atoms with van der Waals surface area (Å²) in [6, 6.07) is 9.32. The van der Waals surface area contributed by atoms with Crippen LogP contribution in [0.5, 0.6) is 5.75 Å². The number of pyridine rings is 1. The van der Waals surface area contributed by atoms with Crippen molar-refractivity contribution in [3.8, 4) is 16.9 Å². The van der Waals surface area contributed by atoms with Crippen LogP contribution >= 0.6 is 0 Å². The lowest BCUT2D eigenvalue weighted by molar-refractivity contribution is -0.160. The first-order chi connectivity index (χ1) is 17.5. The van der Waals surface area contributed by atoms with Crippen LogP contribution in [-0.2, 0) is 22.4 Å². The summed E-state index contributed by atoms with van der Waals surface area (Å²) < 4.78 is 27.4. The first kappa shape index (κ1) is 25.2. The van der Waals surface area contributed by atoms with Gasteiger partial charge in [0.05, 0.1) is 17.7 Å². The molecule has 0 saturated carbocycles. The number of carbonyl (C=O) groups is 1. The Kier molecular flexibility index (Phi) is 6.19. The highest BCUT2D eigenvalue weighted by molar-refractivity contribution is 6.10. The number of benzene rings is 3. The molecule has 0 bridgehead atoms. The van der Waals surface area contributed by atoms with Crippen LogP contribution in [0.15, 0.2) is 36.5 Å². The number of rotatable bonds is 5. The summed E-state index contributed by atoms with van der Waals surface area (Å²) in [7, 11) is 0. The highest BCUT2D eigenvalue weighted by Gasteiger charge is 2.33. The van der Waals surface area contributed by atoms with E-state index >= 15 is 4.39 Å². The highest BCUT2D eigenvalue weighted by Crippen LogP contribution is 2.47. The van der Waals surface area contributed by atoms with E-state index in [1.165, 1.54) is 6.07 Å². The minimum absolute atomic E-state index is 0.314. The average Bonchev–Trinajstić information content (AvgIpc) is 2.82. The maximum absolute atomic E-state index is 15.3. The standard InChI is InChI=1S/C31H32FNO4/c1-7-18-14-20-12-16(2)25(29(30(34)35)37-31(4,5)6)27(21(20)15-22(18)32)24-17(3)13-23-26-19(9-11-36-23)8-10-33-28(24)26/h8,10,12-15,29H,7,9,11H2,1-6H3,(H,34,35). The molecule has 1 aliphatic rings.